The van der Waals surface area contributed by atoms with Gasteiger partial charge in [-0.25, -0.2) is 0 Å². The molecular weight excluding hydrogens is 300 g/mol. The van der Waals surface area contributed by atoms with Crippen molar-refractivity contribution in [1.82, 2.24) is 0 Å². The van der Waals surface area contributed by atoms with Gasteiger partial charge in [-0.3, -0.25) is 4.79 Å². The number of fused-ring (bicyclic) bond motifs is 2. The number of esters is 1. The van der Waals surface area contributed by atoms with Gasteiger partial charge in [0.05, 0.1) is 18.6 Å². The molecule has 0 aromatic heterocycles. The molecule has 24 heavy (non-hydrogen) atoms. The summed E-state index contributed by atoms with van der Waals surface area (Å²) in [4.78, 5) is 12.6. The third-order valence-electron chi connectivity index (χ3n) is 7.70. The van der Waals surface area contributed by atoms with E-state index in [0.29, 0.717) is 5.92 Å². The molecule has 0 radical (unpaired) electrons. The van der Waals surface area contributed by atoms with Gasteiger partial charge in [-0.15, -0.1) is 6.58 Å². The summed E-state index contributed by atoms with van der Waals surface area (Å²) in [6, 6.07) is 0. The molecule has 0 spiro atoms. The standard InChI is InChI=1S/C21H32O3/c1-6-19(2)13-10-15-14(17(19)22)8-9-16-20(15,3)11-7-12-21(16,4)18(23)24-5/h6,16-17,22H,1,7-13H2,2-5H3/t16-,17-,19-,20-,21-/m1/s1. The highest BCUT2D eigenvalue weighted by Crippen LogP contribution is 2.63. The molecule has 1 fully saturated rings. The van der Waals surface area contributed by atoms with Crippen LogP contribution in [0.25, 0.3) is 0 Å². The Hall–Kier alpha value is -1.09. The second-order valence-corrected chi connectivity index (χ2v) is 8.89. The number of allylic oxidation sites excluding steroid dienone is 1. The van der Waals surface area contributed by atoms with Crippen molar-refractivity contribution in [3.05, 3.63) is 23.8 Å². The lowest BCUT2D eigenvalue weighted by Crippen LogP contribution is -2.53. The van der Waals surface area contributed by atoms with E-state index in [1.807, 2.05) is 6.08 Å². The van der Waals surface area contributed by atoms with Gasteiger partial charge in [0.15, 0.2) is 0 Å². The van der Waals surface area contributed by atoms with E-state index in [4.69, 9.17) is 4.74 Å². The molecule has 0 aromatic carbocycles. The Kier molecular flexibility index (Phi) is 4.23. The fraction of sp³-hybridized carbons (Fsp3) is 0.762. The van der Waals surface area contributed by atoms with Gasteiger partial charge in [-0.1, -0.05) is 31.9 Å². The van der Waals surface area contributed by atoms with E-state index in [9.17, 15) is 9.90 Å². The minimum atomic E-state index is -0.428. The van der Waals surface area contributed by atoms with Crippen molar-refractivity contribution in [2.24, 2.45) is 22.2 Å². The zero-order valence-electron chi connectivity index (χ0n) is 15.7. The average Bonchev–Trinajstić information content (AvgIpc) is 2.57. The Bertz CT molecular complexity index is 592. The van der Waals surface area contributed by atoms with Crippen LogP contribution in [0.2, 0.25) is 0 Å². The highest BCUT2D eigenvalue weighted by molar-refractivity contribution is 5.77. The number of hydrogen-bond donors (Lipinski definition) is 1. The van der Waals surface area contributed by atoms with E-state index < -0.39 is 11.5 Å². The number of aliphatic hydroxyl groups is 1. The van der Waals surface area contributed by atoms with Crippen LogP contribution in [-0.4, -0.2) is 24.3 Å². The Labute approximate surface area is 146 Å². The van der Waals surface area contributed by atoms with Crippen molar-refractivity contribution < 1.29 is 14.6 Å². The van der Waals surface area contributed by atoms with E-state index in [-0.39, 0.29) is 16.8 Å². The molecule has 1 saturated carbocycles. The number of ether oxygens (including phenoxy) is 1. The molecule has 0 heterocycles. The predicted molar refractivity (Wildman–Crippen MR) is 95.4 cm³/mol. The molecule has 1 N–H and O–H groups in total. The van der Waals surface area contributed by atoms with Crippen molar-refractivity contribution in [2.75, 3.05) is 7.11 Å². The third kappa shape index (κ3) is 2.23. The van der Waals surface area contributed by atoms with Crippen LogP contribution in [0.5, 0.6) is 0 Å². The molecule has 3 aliphatic carbocycles. The molecule has 3 nitrogen and oxygen atoms in total. The summed E-state index contributed by atoms with van der Waals surface area (Å²) in [5.41, 5.74) is 2.06. The third-order valence-corrected chi connectivity index (χ3v) is 7.70. The smallest absolute Gasteiger partial charge is 0.311 e. The number of rotatable bonds is 2. The average molecular weight is 332 g/mol. The first kappa shape index (κ1) is 17.7. The summed E-state index contributed by atoms with van der Waals surface area (Å²) in [5.74, 6) is 0.250. The summed E-state index contributed by atoms with van der Waals surface area (Å²) in [6.45, 7) is 10.5. The summed E-state index contributed by atoms with van der Waals surface area (Å²) in [7, 11) is 1.51. The number of carbonyl (C=O) groups is 1. The Morgan fingerprint density at radius 2 is 1.96 bits per heavy atom. The van der Waals surface area contributed by atoms with Crippen LogP contribution in [0.3, 0.4) is 0 Å². The Morgan fingerprint density at radius 3 is 2.58 bits per heavy atom. The number of aliphatic hydroxyl groups excluding tert-OH is 1. The minimum Gasteiger partial charge on any atom is -0.469 e. The molecule has 3 heteroatoms. The maximum atomic E-state index is 12.6. The van der Waals surface area contributed by atoms with Crippen molar-refractivity contribution in [2.45, 2.75) is 71.8 Å². The van der Waals surface area contributed by atoms with Crippen molar-refractivity contribution in [3.63, 3.8) is 0 Å². The van der Waals surface area contributed by atoms with Gasteiger partial charge < -0.3 is 9.84 Å². The molecule has 0 saturated heterocycles. The first-order chi connectivity index (χ1) is 11.2. The van der Waals surface area contributed by atoms with Crippen LogP contribution in [0, 0.1) is 22.2 Å². The quantitative estimate of drug-likeness (QED) is 0.602. The van der Waals surface area contributed by atoms with Crippen LogP contribution in [0.1, 0.15) is 65.7 Å². The van der Waals surface area contributed by atoms with Gasteiger partial charge in [0.1, 0.15) is 0 Å². The van der Waals surface area contributed by atoms with E-state index in [0.717, 1.165) is 44.9 Å². The summed E-state index contributed by atoms with van der Waals surface area (Å²) in [5, 5.41) is 11.0. The van der Waals surface area contributed by atoms with Crippen LogP contribution < -0.4 is 0 Å². The molecule has 0 aliphatic heterocycles. The van der Waals surface area contributed by atoms with Crippen LogP contribution in [0.15, 0.2) is 23.8 Å². The second kappa shape index (κ2) is 5.72. The SMILES string of the molecule is C=C[C@]1(C)CCC2=C(CC[C@H]3[C@](C)(C(=O)OC)CCC[C@]23C)[C@H]1O. The maximum Gasteiger partial charge on any atom is 0.311 e. The topological polar surface area (TPSA) is 46.5 Å². The van der Waals surface area contributed by atoms with Gasteiger partial charge in [0.2, 0.25) is 0 Å². The largest absolute Gasteiger partial charge is 0.469 e. The van der Waals surface area contributed by atoms with Gasteiger partial charge in [0, 0.05) is 5.41 Å². The van der Waals surface area contributed by atoms with Crippen molar-refractivity contribution in [3.8, 4) is 0 Å². The zero-order valence-corrected chi connectivity index (χ0v) is 15.7. The summed E-state index contributed by atoms with van der Waals surface area (Å²) in [6.07, 6.45) is 8.38. The highest BCUT2D eigenvalue weighted by Gasteiger charge is 2.58. The lowest BCUT2D eigenvalue weighted by Gasteiger charge is -2.57. The maximum absolute atomic E-state index is 12.6. The predicted octanol–water partition coefficient (Wildman–Crippen LogP) is 4.41. The molecule has 0 unspecified atom stereocenters. The van der Waals surface area contributed by atoms with Gasteiger partial charge in [-0.05, 0) is 62.4 Å². The van der Waals surface area contributed by atoms with Gasteiger partial charge in [0.25, 0.3) is 0 Å². The highest BCUT2D eigenvalue weighted by atomic mass is 16.5. The molecule has 3 aliphatic rings. The monoisotopic (exact) mass is 332 g/mol. The molecule has 5 atom stereocenters. The van der Waals surface area contributed by atoms with E-state index in [1.165, 1.54) is 18.3 Å². The van der Waals surface area contributed by atoms with Crippen LogP contribution in [0.4, 0.5) is 0 Å². The van der Waals surface area contributed by atoms with Gasteiger partial charge >= 0.3 is 5.97 Å². The first-order valence-electron chi connectivity index (χ1n) is 9.35. The molecule has 134 valence electrons. The molecular formula is C21H32O3. The number of carbonyl (C=O) groups excluding carboxylic acids is 1. The fourth-order valence-corrected chi connectivity index (χ4v) is 6.06. The fourth-order valence-electron chi connectivity index (χ4n) is 6.06. The van der Waals surface area contributed by atoms with Crippen molar-refractivity contribution in [1.29, 1.82) is 0 Å². The number of methoxy groups -OCH3 is 1. The van der Waals surface area contributed by atoms with Crippen LogP contribution in [-0.2, 0) is 9.53 Å². The lowest BCUT2D eigenvalue weighted by atomic mass is 9.47. The molecule has 0 amide bonds. The lowest BCUT2D eigenvalue weighted by molar-refractivity contribution is -0.163. The van der Waals surface area contributed by atoms with Crippen LogP contribution >= 0.6 is 0 Å². The first-order valence-corrected chi connectivity index (χ1v) is 9.35. The summed E-state index contributed by atoms with van der Waals surface area (Å²) < 4.78 is 5.18. The Morgan fingerprint density at radius 1 is 1.25 bits per heavy atom. The Balaban J connectivity index is 2.04. The summed E-state index contributed by atoms with van der Waals surface area (Å²) >= 11 is 0. The van der Waals surface area contributed by atoms with E-state index >= 15 is 0 Å². The second-order valence-electron chi connectivity index (χ2n) is 8.89. The van der Waals surface area contributed by atoms with Gasteiger partial charge in [-0.2, -0.15) is 0 Å². The van der Waals surface area contributed by atoms with E-state index in [2.05, 4.69) is 27.4 Å². The molecule has 0 aromatic rings. The van der Waals surface area contributed by atoms with Crippen molar-refractivity contribution >= 4 is 5.97 Å². The van der Waals surface area contributed by atoms with E-state index in [1.54, 1.807) is 0 Å². The zero-order chi connectivity index (χ0) is 17.8. The number of hydrogen-bond acceptors (Lipinski definition) is 3. The molecule has 0 bridgehead atoms. The normalized spacial score (nSPS) is 45.2. The molecule has 3 rings (SSSR count). The minimum absolute atomic E-state index is 0.0122.